The predicted octanol–water partition coefficient (Wildman–Crippen LogP) is 3.67. The van der Waals surface area contributed by atoms with Gasteiger partial charge in [-0.25, -0.2) is 0 Å². The molecule has 0 spiro atoms. The van der Waals surface area contributed by atoms with Gasteiger partial charge in [0, 0.05) is 0 Å². The third-order valence-electron chi connectivity index (χ3n) is 2.45. The standard InChI is InChI=1S/C14H16ClN3O2/c1-4-10-5-7-11(8-6-10)20-14-17-12(15)16-13(18-14)19-9(2)3/h5-9H,4H2,1-3H3. The average Bonchev–Trinajstić information content (AvgIpc) is 2.38. The Labute approximate surface area is 123 Å². The summed E-state index contributed by atoms with van der Waals surface area (Å²) in [6.45, 7) is 5.85. The summed E-state index contributed by atoms with van der Waals surface area (Å²) in [5.74, 6) is 0.639. The number of aryl methyl sites for hydroxylation is 1. The Morgan fingerprint density at radius 2 is 1.70 bits per heavy atom. The molecule has 0 aliphatic rings. The van der Waals surface area contributed by atoms with Crippen LogP contribution in [0.1, 0.15) is 26.3 Å². The molecule has 2 rings (SSSR count). The van der Waals surface area contributed by atoms with Gasteiger partial charge in [0.2, 0.25) is 5.28 Å². The van der Waals surface area contributed by atoms with Crippen molar-refractivity contribution in [3.63, 3.8) is 0 Å². The first-order valence-corrected chi connectivity index (χ1v) is 6.79. The number of ether oxygens (including phenoxy) is 2. The van der Waals surface area contributed by atoms with Crippen LogP contribution in [0, 0.1) is 0 Å². The Bertz CT molecular complexity index is 573. The van der Waals surface area contributed by atoms with E-state index in [0.29, 0.717) is 5.75 Å². The molecule has 0 bridgehead atoms. The summed E-state index contributed by atoms with van der Waals surface area (Å²) in [5.41, 5.74) is 1.23. The Kier molecular flexibility index (Phi) is 4.74. The largest absolute Gasteiger partial charge is 0.461 e. The zero-order chi connectivity index (χ0) is 14.5. The molecule has 1 aromatic carbocycles. The molecule has 5 nitrogen and oxygen atoms in total. The van der Waals surface area contributed by atoms with Crippen LogP contribution in [0.3, 0.4) is 0 Å². The monoisotopic (exact) mass is 293 g/mol. The number of rotatable bonds is 5. The summed E-state index contributed by atoms with van der Waals surface area (Å²) in [4.78, 5) is 11.9. The predicted molar refractivity (Wildman–Crippen MR) is 76.5 cm³/mol. The van der Waals surface area contributed by atoms with E-state index in [1.165, 1.54) is 5.56 Å². The van der Waals surface area contributed by atoms with Crippen LogP contribution < -0.4 is 9.47 Å². The van der Waals surface area contributed by atoms with E-state index >= 15 is 0 Å². The molecule has 0 saturated carbocycles. The number of hydrogen-bond acceptors (Lipinski definition) is 5. The minimum absolute atomic E-state index is 0.0378. The summed E-state index contributed by atoms with van der Waals surface area (Å²) < 4.78 is 10.9. The highest BCUT2D eigenvalue weighted by Gasteiger charge is 2.09. The van der Waals surface area contributed by atoms with E-state index in [2.05, 4.69) is 21.9 Å². The summed E-state index contributed by atoms with van der Waals surface area (Å²) in [5, 5.41) is 0.0378. The van der Waals surface area contributed by atoms with Gasteiger partial charge < -0.3 is 9.47 Å². The first-order valence-electron chi connectivity index (χ1n) is 6.42. The van der Waals surface area contributed by atoms with Crippen LogP contribution in [0.15, 0.2) is 24.3 Å². The van der Waals surface area contributed by atoms with Gasteiger partial charge in [0.1, 0.15) is 5.75 Å². The average molecular weight is 294 g/mol. The molecular weight excluding hydrogens is 278 g/mol. The minimum Gasteiger partial charge on any atom is -0.461 e. The molecule has 106 valence electrons. The summed E-state index contributed by atoms with van der Waals surface area (Å²) in [6, 6.07) is 7.97. The third kappa shape index (κ3) is 4.06. The number of benzene rings is 1. The van der Waals surface area contributed by atoms with Crippen molar-refractivity contribution in [2.75, 3.05) is 0 Å². The molecule has 2 aromatic rings. The number of hydrogen-bond donors (Lipinski definition) is 0. The quantitative estimate of drug-likeness (QED) is 0.842. The topological polar surface area (TPSA) is 57.1 Å². The minimum atomic E-state index is -0.0508. The first-order chi connectivity index (χ1) is 9.56. The number of nitrogens with zero attached hydrogens (tertiary/aromatic N) is 3. The summed E-state index contributed by atoms with van der Waals surface area (Å²) in [7, 11) is 0. The maximum atomic E-state index is 5.83. The smallest absolute Gasteiger partial charge is 0.329 e. The van der Waals surface area contributed by atoms with Crippen LogP contribution in [0.25, 0.3) is 0 Å². The highest BCUT2D eigenvalue weighted by Crippen LogP contribution is 2.21. The Morgan fingerprint density at radius 3 is 2.30 bits per heavy atom. The molecule has 0 aliphatic carbocycles. The summed E-state index contributed by atoms with van der Waals surface area (Å²) in [6.07, 6.45) is 0.926. The van der Waals surface area contributed by atoms with Gasteiger partial charge in [-0.15, -0.1) is 4.98 Å². The zero-order valence-corrected chi connectivity index (χ0v) is 12.4. The lowest BCUT2D eigenvalue weighted by Crippen LogP contribution is -2.09. The van der Waals surface area contributed by atoms with Gasteiger partial charge in [0.05, 0.1) is 6.10 Å². The van der Waals surface area contributed by atoms with Crippen molar-refractivity contribution >= 4 is 11.6 Å². The van der Waals surface area contributed by atoms with Crippen molar-refractivity contribution in [2.45, 2.75) is 33.3 Å². The molecule has 1 heterocycles. The normalized spacial score (nSPS) is 10.7. The van der Waals surface area contributed by atoms with Gasteiger partial charge in [-0.3, -0.25) is 0 Å². The van der Waals surface area contributed by atoms with Gasteiger partial charge in [-0.2, -0.15) is 9.97 Å². The van der Waals surface area contributed by atoms with Crippen molar-refractivity contribution in [3.8, 4) is 17.8 Å². The van der Waals surface area contributed by atoms with Gasteiger partial charge in [-0.1, -0.05) is 19.1 Å². The van der Waals surface area contributed by atoms with E-state index in [-0.39, 0.29) is 23.4 Å². The van der Waals surface area contributed by atoms with E-state index in [9.17, 15) is 0 Å². The fourth-order valence-corrected chi connectivity index (χ4v) is 1.67. The second-order valence-electron chi connectivity index (χ2n) is 4.44. The van der Waals surface area contributed by atoms with Crippen LogP contribution >= 0.6 is 11.6 Å². The second kappa shape index (κ2) is 6.52. The van der Waals surface area contributed by atoms with Gasteiger partial charge in [0.25, 0.3) is 0 Å². The SMILES string of the molecule is CCc1ccc(Oc2nc(Cl)nc(OC(C)C)n2)cc1. The van der Waals surface area contributed by atoms with E-state index in [4.69, 9.17) is 21.1 Å². The fourth-order valence-electron chi connectivity index (χ4n) is 1.52. The molecule has 0 fully saturated rings. The molecule has 0 radical (unpaired) electrons. The van der Waals surface area contributed by atoms with Gasteiger partial charge >= 0.3 is 12.0 Å². The molecule has 1 aromatic heterocycles. The van der Waals surface area contributed by atoms with Crippen molar-refractivity contribution in [1.29, 1.82) is 0 Å². The highest BCUT2D eigenvalue weighted by molar-refractivity contribution is 6.28. The molecule has 0 N–H and O–H groups in total. The molecule has 20 heavy (non-hydrogen) atoms. The van der Waals surface area contributed by atoms with Crippen molar-refractivity contribution in [3.05, 3.63) is 35.1 Å². The zero-order valence-electron chi connectivity index (χ0n) is 11.6. The van der Waals surface area contributed by atoms with Gasteiger partial charge in [-0.05, 0) is 49.6 Å². The van der Waals surface area contributed by atoms with Crippen LogP contribution in [0.5, 0.6) is 17.8 Å². The Hall–Kier alpha value is -1.88. The van der Waals surface area contributed by atoms with Crippen molar-refractivity contribution in [2.24, 2.45) is 0 Å². The Morgan fingerprint density at radius 1 is 1.05 bits per heavy atom. The Balaban J connectivity index is 2.17. The molecule has 0 atom stereocenters. The second-order valence-corrected chi connectivity index (χ2v) is 4.77. The van der Waals surface area contributed by atoms with E-state index in [0.717, 1.165) is 6.42 Å². The molecule has 0 saturated heterocycles. The maximum Gasteiger partial charge on any atom is 0.329 e. The van der Waals surface area contributed by atoms with Crippen molar-refractivity contribution in [1.82, 2.24) is 15.0 Å². The lowest BCUT2D eigenvalue weighted by molar-refractivity contribution is 0.218. The fraction of sp³-hybridized carbons (Fsp3) is 0.357. The first kappa shape index (κ1) is 14.5. The van der Waals surface area contributed by atoms with E-state index in [1.54, 1.807) is 0 Å². The van der Waals surface area contributed by atoms with Gasteiger partial charge in [0.15, 0.2) is 0 Å². The lowest BCUT2D eigenvalue weighted by atomic mass is 10.2. The number of aromatic nitrogens is 3. The molecular formula is C14H16ClN3O2. The third-order valence-corrected chi connectivity index (χ3v) is 2.62. The molecule has 6 heteroatoms. The van der Waals surface area contributed by atoms with Crippen LogP contribution in [0.2, 0.25) is 5.28 Å². The lowest BCUT2D eigenvalue weighted by Gasteiger charge is -2.09. The van der Waals surface area contributed by atoms with Crippen molar-refractivity contribution < 1.29 is 9.47 Å². The van der Waals surface area contributed by atoms with Crippen LogP contribution in [-0.2, 0) is 6.42 Å². The van der Waals surface area contributed by atoms with Crippen LogP contribution in [0.4, 0.5) is 0 Å². The highest BCUT2D eigenvalue weighted by atomic mass is 35.5. The molecule has 0 unspecified atom stereocenters. The number of halogens is 1. The molecule has 0 aliphatic heterocycles. The van der Waals surface area contributed by atoms with Crippen LogP contribution in [-0.4, -0.2) is 21.1 Å². The summed E-state index contributed by atoms with van der Waals surface area (Å²) >= 11 is 5.83. The maximum absolute atomic E-state index is 5.83. The van der Waals surface area contributed by atoms with E-state index in [1.807, 2.05) is 38.1 Å². The van der Waals surface area contributed by atoms with E-state index < -0.39 is 0 Å². The molecule has 0 amide bonds.